The molecule has 1 rings (SSSR count). The standard InChI is InChI=1S/C17H25NO3/c1-4-18(10-12-21-5-2)14-16-13-15(7-6-11-19)8-9-17(16)20-3/h8-9,13,19H,4-5,10-12,14H2,1-3H3. The minimum absolute atomic E-state index is 0.128. The average molecular weight is 291 g/mol. The molecule has 0 unspecified atom stereocenters. The summed E-state index contributed by atoms with van der Waals surface area (Å²) < 4.78 is 10.8. The van der Waals surface area contributed by atoms with E-state index in [0.717, 1.165) is 49.7 Å². The van der Waals surface area contributed by atoms with Crippen molar-refractivity contribution in [1.82, 2.24) is 4.90 Å². The van der Waals surface area contributed by atoms with Gasteiger partial charge in [0.15, 0.2) is 0 Å². The largest absolute Gasteiger partial charge is 0.496 e. The van der Waals surface area contributed by atoms with Gasteiger partial charge in [-0.1, -0.05) is 18.8 Å². The van der Waals surface area contributed by atoms with E-state index >= 15 is 0 Å². The Morgan fingerprint density at radius 2 is 2.10 bits per heavy atom. The monoisotopic (exact) mass is 291 g/mol. The van der Waals surface area contributed by atoms with Crippen molar-refractivity contribution >= 4 is 0 Å². The number of benzene rings is 1. The molecule has 0 saturated carbocycles. The van der Waals surface area contributed by atoms with Gasteiger partial charge in [0, 0.05) is 30.8 Å². The highest BCUT2D eigenvalue weighted by molar-refractivity contribution is 5.44. The van der Waals surface area contributed by atoms with Crippen LogP contribution in [0.25, 0.3) is 0 Å². The molecule has 0 atom stereocenters. The molecule has 116 valence electrons. The number of hydrogen-bond donors (Lipinski definition) is 1. The third-order valence-corrected chi connectivity index (χ3v) is 3.19. The van der Waals surface area contributed by atoms with Gasteiger partial charge in [0.1, 0.15) is 12.4 Å². The Labute approximate surface area is 127 Å². The van der Waals surface area contributed by atoms with Gasteiger partial charge in [-0.25, -0.2) is 0 Å². The maximum absolute atomic E-state index is 8.78. The normalized spacial score (nSPS) is 10.3. The predicted molar refractivity (Wildman–Crippen MR) is 84.4 cm³/mol. The number of nitrogens with zero attached hydrogens (tertiary/aromatic N) is 1. The lowest BCUT2D eigenvalue weighted by atomic mass is 10.1. The number of methoxy groups -OCH3 is 1. The SMILES string of the molecule is CCOCCN(CC)Cc1cc(C#CCO)ccc1OC. The van der Waals surface area contributed by atoms with Crippen LogP contribution >= 0.6 is 0 Å². The van der Waals surface area contributed by atoms with Crippen LogP contribution in [0, 0.1) is 11.8 Å². The molecule has 0 spiro atoms. The van der Waals surface area contributed by atoms with E-state index in [1.165, 1.54) is 0 Å². The second kappa shape index (κ2) is 10.2. The van der Waals surface area contributed by atoms with Crippen molar-refractivity contribution in [1.29, 1.82) is 0 Å². The molecule has 0 heterocycles. The van der Waals surface area contributed by atoms with Crippen molar-refractivity contribution in [3.05, 3.63) is 29.3 Å². The third kappa shape index (κ3) is 6.17. The van der Waals surface area contributed by atoms with Gasteiger partial charge < -0.3 is 14.6 Å². The molecular weight excluding hydrogens is 266 g/mol. The molecule has 0 aliphatic rings. The second-order valence-corrected chi connectivity index (χ2v) is 4.55. The Hall–Kier alpha value is -1.54. The predicted octanol–water partition coefficient (Wildman–Crippen LogP) is 1.90. The van der Waals surface area contributed by atoms with E-state index in [4.69, 9.17) is 14.6 Å². The fraction of sp³-hybridized carbons (Fsp3) is 0.529. The first-order valence-corrected chi connectivity index (χ1v) is 7.31. The number of aliphatic hydroxyl groups excluding tert-OH is 1. The highest BCUT2D eigenvalue weighted by Crippen LogP contribution is 2.21. The van der Waals surface area contributed by atoms with Gasteiger partial charge in [0.2, 0.25) is 0 Å². The average Bonchev–Trinajstić information content (AvgIpc) is 2.52. The molecule has 0 aliphatic carbocycles. The summed E-state index contributed by atoms with van der Waals surface area (Å²) in [6.45, 7) is 8.11. The van der Waals surface area contributed by atoms with Gasteiger partial charge in [0.25, 0.3) is 0 Å². The molecule has 0 saturated heterocycles. The maximum atomic E-state index is 8.78. The fourth-order valence-corrected chi connectivity index (χ4v) is 2.05. The van der Waals surface area contributed by atoms with Gasteiger partial charge in [-0.05, 0) is 31.7 Å². The van der Waals surface area contributed by atoms with Crippen LogP contribution in [0.15, 0.2) is 18.2 Å². The smallest absolute Gasteiger partial charge is 0.123 e. The highest BCUT2D eigenvalue weighted by Gasteiger charge is 2.09. The second-order valence-electron chi connectivity index (χ2n) is 4.55. The number of hydrogen-bond acceptors (Lipinski definition) is 4. The Morgan fingerprint density at radius 3 is 2.71 bits per heavy atom. The van der Waals surface area contributed by atoms with Gasteiger partial charge in [-0.2, -0.15) is 0 Å². The summed E-state index contributed by atoms with van der Waals surface area (Å²) >= 11 is 0. The van der Waals surface area contributed by atoms with Crippen molar-refractivity contribution in [3.63, 3.8) is 0 Å². The fourth-order valence-electron chi connectivity index (χ4n) is 2.05. The number of likely N-dealkylation sites (N-methyl/N-ethyl adjacent to an activating group) is 1. The number of rotatable bonds is 8. The van der Waals surface area contributed by atoms with Crippen LogP contribution < -0.4 is 4.74 Å². The molecule has 0 bridgehead atoms. The van der Waals surface area contributed by atoms with E-state index in [-0.39, 0.29) is 6.61 Å². The van der Waals surface area contributed by atoms with E-state index in [1.54, 1.807) is 7.11 Å². The number of ether oxygens (including phenoxy) is 2. The van der Waals surface area contributed by atoms with Crippen LogP contribution in [0.1, 0.15) is 25.0 Å². The molecule has 1 N–H and O–H groups in total. The van der Waals surface area contributed by atoms with E-state index in [0.29, 0.717) is 0 Å². The van der Waals surface area contributed by atoms with Crippen LogP contribution in [0.3, 0.4) is 0 Å². The van der Waals surface area contributed by atoms with Crippen molar-refractivity contribution in [3.8, 4) is 17.6 Å². The molecule has 4 nitrogen and oxygen atoms in total. The Kier molecular flexibility index (Phi) is 8.53. The van der Waals surface area contributed by atoms with E-state index in [9.17, 15) is 0 Å². The van der Waals surface area contributed by atoms with Crippen molar-refractivity contribution in [2.75, 3.05) is 40.0 Å². The molecule has 1 aromatic carbocycles. The van der Waals surface area contributed by atoms with Gasteiger partial charge in [-0.3, -0.25) is 4.90 Å². The van der Waals surface area contributed by atoms with E-state index in [1.807, 2.05) is 25.1 Å². The minimum atomic E-state index is -0.128. The molecule has 0 aromatic heterocycles. The Balaban J connectivity index is 2.82. The first kappa shape index (κ1) is 17.5. The third-order valence-electron chi connectivity index (χ3n) is 3.19. The molecular formula is C17H25NO3. The molecule has 0 aliphatic heterocycles. The molecule has 1 aromatic rings. The molecule has 0 amide bonds. The van der Waals surface area contributed by atoms with E-state index < -0.39 is 0 Å². The first-order valence-electron chi connectivity index (χ1n) is 7.31. The lowest BCUT2D eigenvalue weighted by Gasteiger charge is -2.21. The van der Waals surface area contributed by atoms with Crippen LogP contribution in [-0.2, 0) is 11.3 Å². The summed E-state index contributed by atoms with van der Waals surface area (Å²) in [4.78, 5) is 2.30. The molecule has 4 heteroatoms. The maximum Gasteiger partial charge on any atom is 0.123 e. The Bertz CT molecular complexity index is 477. The minimum Gasteiger partial charge on any atom is -0.496 e. The molecule has 0 radical (unpaired) electrons. The summed E-state index contributed by atoms with van der Waals surface area (Å²) in [5.74, 6) is 6.46. The quantitative estimate of drug-likeness (QED) is 0.587. The number of aliphatic hydroxyl groups is 1. The molecule has 0 fully saturated rings. The van der Waals surface area contributed by atoms with Crippen LogP contribution in [0.2, 0.25) is 0 Å². The lowest BCUT2D eigenvalue weighted by molar-refractivity contribution is 0.112. The zero-order valence-electron chi connectivity index (χ0n) is 13.2. The highest BCUT2D eigenvalue weighted by atomic mass is 16.5. The van der Waals surface area contributed by atoms with Crippen molar-refractivity contribution in [2.45, 2.75) is 20.4 Å². The van der Waals surface area contributed by atoms with Crippen LogP contribution in [-0.4, -0.2) is 50.0 Å². The first-order chi connectivity index (χ1) is 10.2. The molecule has 21 heavy (non-hydrogen) atoms. The van der Waals surface area contributed by atoms with Crippen molar-refractivity contribution < 1.29 is 14.6 Å². The summed E-state index contributed by atoms with van der Waals surface area (Å²) in [5, 5.41) is 8.78. The van der Waals surface area contributed by atoms with Gasteiger partial charge >= 0.3 is 0 Å². The van der Waals surface area contributed by atoms with E-state index in [2.05, 4.69) is 23.7 Å². The van der Waals surface area contributed by atoms with Gasteiger partial charge in [-0.15, -0.1) is 0 Å². The van der Waals surface area contributed by atoms with Gasteiger partial charge in [0.05, 0.1) is 13.7 Å². The van der Waals surface area contributed by atoms with Crippen LogP contribution in [0.5, 0.6) is 5.75 Å². The summed E-state index contributed by atoms with van der Waals surface area (Å²) in [7, 11) is 1.67. The summed E-state index contributed by atoms with van der Waals surface area (Å²) in [6.07, 6.45) is 0. The van der Waals surface area contributed by atoms with Crippen LogP contribution in [0.4, 0.5) is 0 Å². The van der Waals surface area contributed by atoms with Crippen molar-refractivity contribution in [2.24, 2.45) is 0 Å². The topological polar surface area (TPSA) is 41.9 Å². The Morgan fingerprint density at radius 1 is 1.29 bits per heavy atom. The lowest BCUT2D eigenvalue weighted by Crippen LogP contribution is -2.27. The summed E-state index contributed by atoms with van der Waals surface area (Å²) in [5.41, 5.74) is 1.99. The summed E-state index contributed by atoms with van der Waals surface area (Å²) in [6, 6.07) is 5.85. The zero-order valence-corrected chi connectivity index (χ0v) is 13.2. The zero-order chi connectivity index (χ0) is 15.5.